The molecule has 1 N–H and O–H groups in total. The lowest BCUT2D eigenvalue weighted by molar-refractivity contribution is -0.654. The van der Waals surface area contributed by atoms with E-state index in [1.165, 1.54) is 44.2 Å². The second-order valence-electron chi connectivity index (χ2n) is 6.47. The van der Waals surface area contributed by atoms with Crippen LogP contribution in [0.15, 0.2) is 42.7 Å². The van der Waals surface area contributed by atoms with E-state index in [0.29, 0.717) is 0 Å². The van der Waals surface area contributed by atoms with Crippen molar-refractivity contribution in [3.8, 4) is 5.69 Å². The van der Waals surface area contributed by atoms with Crippen molar-refractivity contribution in [3.05, 3.63) is 42.7 Å². The summed E-state index contributed by atoms with van der Waals surface area (Å²) in [5.41, 5.74) is 2.91. The molecule has 3 heterocycles. The normalized spacial score (nSPS) is 25.7. The Bertz CT molecular complexity index is 556. The highest BCUT2D eigenvalue weighted by atomic mass is 15.3. The number of H-pyrrole nitrogens is 1. The maximum atomic E-state index is 3.32. The van der Waals surface area contributed by atoms with Crippen LogP contribution in [0.1, 0.15) is 38.5 Å². The second-order valence-corrected chi connectivity index (χ2v) is 6.47. The number of aromatic amines is 1. The molecule has 0 amide bonds. The maximum absolute atomic E-state index is 3.32. The van der Waals surface area contributed by atoms with Crippen molar-refractivity contribution < 1.29 is 4.68 Å². The third kappa shape index (κ3) is 2.00. The van der Waals surface area contributed by atoms with Gasteiger partial charge in [0.15, 0.2) is 6.71 Å². The number of rotatable bonds is 2. The topological polar surface area (TPSA) is 19.7 Å². The first-order valence-electron chi connectivity index (χ1n) is 8.08. The largest absolute Gasteiger partial charge is 0.230 e. The highest BCUT2D eigenvalue weighted by Crippen LogP contribution is 2.46. The van der Waals surface area contributed by atoms with Gasteiger partial charge in [-0.2, -0.15) is 5.10 Å². The van der Waals surface area contributed by atoms with Gasteiger partial charge in [-0.3, -0.25) is 0 Å². The Hall–Kier alpha value is -1.51. The van der Waals surface area contributed by atoms with Crippen LogP contribution < -0.4 is 10.1 Å². The molecular formula is C17H22BN2+. The lowest BCUT2D eigenvalue weighted by Gasteiger charge is -2.40. The fraction of sp³-hybridized carbons (Fsp3) is 0.471. The Morgan fingerprint density at radius 1 is 0.950 bits per heavy atom. The fourth-order valence-electron chi connectivity index (χ4n) is 4.62. The lowest BCUT2D eigenvalue weighted by atomic mass is 9.24. The molecule has 1 aromatic carbocycles. The molecular weight excluding hydrogens is 243 g/mol. The Balaban J connectivity index is 1.78. The Morgan fingerprint density at radius 2 is 1.65 bits per heavy atom. The molecule has 3 heteroatoms. The number of fused-ring (bicyclic) bond motifs is 2. The van der Waals surface area contributed by atoms with E-state index in [4.69, 9.17) is 0 Å². The molecule has 4 rings (SSSR count). The number of hydrogen-bond donors (Lipinski definition) is 1. The van der Waals surface area contributed by atoms with Crippen LogP contribution >= 0.6 is 0 Å². The minimum atomic E-state index is 0.782. The van der Waals surface area contributed by atoms with Gasteiger partial charge in [-0.15, -0.1) is 0 Å². The van der Waals surface area contributed by atoms with Crippen LogP contribution in [-0.2, 0) is 0 Å². The third-order valence-electron chi connectivity index (χ3n) is 5.42. The molecule has 0 aliphatic carbocycles. The Kier molecular flexibility index (Phi) is 3.14. The Morgan fingerprint density at radius 3 is 2.30 bits per heavy atom. The van der Waals surface area contributed by atoms with Crippen molar-refractivity contribution in [1.29, 1.82) is 0 Å². The molecule has 2 bridgehead atoms. The Labute approximate surface area is 121 Å². The van der Waals surface area contributed by atoms with Gasteiger partial charge in [-0.05, 0) is 5.46 Å². The average Bonchev–Trinajstić information content (AvgIpc) is 3.00. The van der Waals surface area contributed by atoms with Gasteiger partial charge >= 0.3 is 0 Å². The van der Waals surface area contributed by atoms with Crippen LogP contribution in [0.2, 0.25) is 11.6 Å². The van der Waals surface area contributed by atoms with Crippen molar-refractivity contribution in [2.24, 2.45) is 0 Å². The molecule has 0 saturated carbocycles. The molecule has 0 spiro atoms. The number of para-hydroxylation sites is 1. The van der Waals surface area contributed by atoms with Crippen molar-refractivity contribution in [3.63, 3.8) is 0 Å². The summed E-state index contributed by atoms with van der Waals surface area (Å²) in [7, 11) is 0. The molecule has 2 aliphatic heterocycles. The summed E-state index contributed by atoms with van der Waals surface area (Å²) >= 11 is 0. The number of nitrogens with one attached hydrogen (secondary N) is 1. The summed E-state index contributed by atoms with van der Waals surface area (Å²) in [5, 5.41) is 3.32. The van der Waals surface area contributed by atoms with E-state index in [1.54, 1.807) is 5.46 Å². The summed E-state index contributed by atoms with van der Waals surface area (Å²) in [6.45, 7) is 0.782. The van der Waals surface area contributed by atoms with Gasteiger partial charge in [0.05, 0.1) is 6.20 Å². The number of nitrogens with zero attached hydrogens (tertiary/aromatic N) is 1. The van der Waals surface area contributed by atoms with Gasteiger partial charge in [-0.25, -0.2) is 0 Å². The van der Waals surface area contributed by atoms with Crippen LogP contribution in [0.4, 0.5) is 0 Å². The van der Waals surface area contributed by atoms with Crippen LogP contribution in [0, 0.1) is 0 Å². The first-order valence-corrected chi connectivity index (χ1v) is 8.08. The zero-order valence-corrected chi connectivity index (χ0v) is 12.0. The van der Waals surface area contributed by atoms with Crippen LogP contribution in [0.3, 0.4) is 0 Å². The highest BCUT2D eigenvalue weighted by Gasteiger charge is 2.42. The van der Waals surface area contributed by atoms with E-state index in [2.05, 4.69) is 46.3 Å². The van der Waals surface area contributed by atoms with E-state index >= 15 is 0 Å². The first kappa shape index (κ1) is 12.3. The molecule has 0 radical (unpaired) electrons. The standard InChI is InChI=1S/C17H21BN2/c1-2-11-17(20-13-5-12-19-20)16(10-1)18-14-6-3-7-15(18)9-4-8-14/h1-2,5,10-15H,3-4,6-9H2/p+1. The zero-order chi connectivity index (χ0) is 13.4. The molecule has 2 aromatic rings. The fourth-order valence-corrected chi connectivity index (χ4v) is 4.62. The minimum absolute atomic E-state index is 0.782. The van der Waals surface area contributed by atoms with Gasteiger partial charge in [0, 0.05) is 12.1 Å². The highest BCUT2D eigenvalue weighted by molar-refractivity contribution is 6.77. The molecule has 2 aliphatic rings. The lowest BCUT2D eigenvalue weighted by Crippen LogP contribution is -2.50. The van der Waals surface area contributed by atoms with Crippen LogP contribution in [0.25, 0.3) is 5.69 Å². The third-order valence-corrected chi connectivity index (χ3v) is 5.42. The number of hydrogen-bond acceptors (Lipinski definition) is 0. The smallest absolute Gasteiger partial charge is 0.167 e. The summed E-state index contributed by atoms with van der Waals surface area (Å²) in [4.78, 5) is 0. The van der Waals surface area contributed by atoms with E-state index in [9.17, 15) is 0 Å². The zero-order valence-electron chi connectivity index (χ0n) is 12.0. The van der Waals surface area contributed by atoms with Crippen LogP contribution in [-0.4, -0.2) is 11.8 Å². The first-order chi connectivity index (χ1) is 9.93. The van der Waals surface area contributed by atoms with E-state index < -0.39 is 0 Å². The quantitative estimate of drug-likeness (QED) is 0.636. The summed E-state index contributed by atoms with van der Waals surface area (Å²) in [5.74, 6) is 1.83. The second kappa shape index (κ2) is 5.12. The summed E-state index contributed by atoms with van der Waals surface area (Å²) < 4.78 is 2.17. The monoisotopic (exact) mass is 265 g/mol. The SMILES string of the molecule is c1ccc(-[n+]2ccc[nH]2)c(B2C3CCCC2CCC3)c1. The number of benzene rings is 1. The average molecular weight is 265 g/mol. The predicted octanol–water partition coefficient (Wildman–Crippen LogP) is 3.10. The molecule has 0 atom stereocenters. The van der Waals surface area contributed by atoms with E-state index in [-0.39, 0.29) is 0 Å². The van der Waals surface area contributed by atoms with Gasteiger partial charge in [0.2, 0.25) is 11.9 Å². The van der Waals surface area contributed by atoms with Gasteiger partial charge in [0.1, 0.15) is 0 Å². The predicted molar refractivity (Wildman–Crippen MR) is 82.9 cm³/mol. The van der Waals surface area contributed by atoms with E-state index in [0.717, 1.165) is 18.3 Å². The van der Waals surface area contributed by atoms with Gasteiger partial charge in [0.25, 0.3) is 0 Å². The molecule has 102 valence electrons. The number of aromatic nitrogens is 2. The minimum Gasteiger partial charge on any atom is -0.167 e. The molecule has 2 nitrogen and oxygen atoms in total. The molecule has 20 heavy (non-hydrogen) atoms. The van der Waals surface area contributed by atoms with Crippen molar-refractivity contribution in [2.45, 2.75) is 50.2 Å². The molecule has 1 aromatic heterocycles. The van der Waals surface area contributed by atoms with E-state index in [1.807, 2.05) is 6.20 Å². The summed E-state index contributed by atoms with van der Waals surface area (Å²) in [6, 6.07) is 11.1. The van der Waals surface area contributed by atoms with Crippen LogP contribution in [0.5, 0.6) is 0 Å². The maximum Gasteiger partial charge on any atom is 0.230 e. The van der Waals surface area contributed by atoms with Crippen molar-refractivity contribution >= 4 is 12.2 Å². The van der Waals surface area contributed by atoms with Crippen molar-refractivity contribution in [1.82, 2.24) is 5.10 Å². The molecule has 0 unspecified atom stereocenters. The van der Waals surface area contributed by atoms with Crippen molar-refractivity contribution in [2.75, 3.05) is 0 Å². The summed E-state index contributed by atoms with van der Waals surface area (Å²) in [6.07, 6.45) is 12.8. The molecule has 2 saturated heterocycles. The van der Waals surface area contributed by atoms with Gasteiger partial charge < -0.3 is 0 Å². The van der Waals surface area contributed by atoms with Gasteiger partial charge in [-0.1, -0.05) is 73.0 Å². The molecule has 2 fully saturated rings.